The number of imidazole rings is 1. The Kier molecular flexibility index (Phi) is 6.00. The smallest absolute Gasteiger partial charge is 0.203 e. The van der Waals surface area contributed by atoms with Crippen LogP contribution in [0, 0.1) is 6.92 Å². The molecule has 1 atom stereocenters. The van der Waals surface area contributed by atoms with E-state index in [0.717, 1.165) is 24.8 Å². The van der Waals surface area contributed by atoms with Crippen molar-refractivity contribution < 1.29 is 9.47 Å². The van der Waals surface area contributed by atoms with Crippen LogP contribution in [0.5, 0.6) is 0 Å². The molecule has 0 fully saturated rings. The van der Waals surface area contributed by atoms with E-state index in [1.807, 2.05) is 20.0 Å². The second-order valence-electron chi connectivity index (χ2n) is 4.04. The molecule has 0 aromatic carbocycles. The van der Waals surface area contributed by atoms with E-state index in [2.05, 4.69) is 21.8 Å². The van der Waals surface area contributed by atoms with Crippen LogP contribution in [-0.4, -0.2) is 43.0 Å². The van der Waals surface area contributed by atoms with Crippen molar-refractivity contribution in [3.63, 3.8) is 0 Å². The van der Waals surface area contributed by atoms with Crippen LogP contribution in [0.4, 0.5) is 5.95 Å². The molecule has 0 spiro atoms. The van der Waals surface area contributed by atoms with Crippen LogP contribution < -0.4 is 5.32 Å². The molecule has 5 nitrogen and oxygen atoms in total. The topological polar surface area (TPSA) is 48.3 Å². The Morgan fingerprint density at radius 3 is 2.94 bits per heavy atom. The molecule has 0 saturated carbocycles. The Morgan fingerprint density at radius 1 is 1.53 bits per heavy atom. The predicted molar refractivity (Wildman–Crippen MR) is 68.5 cm³/mol. The number of aryl methyl sites for hydroxylation is 1. The maximum Gasteiger partial charge on any atom is 0.203 e. The third kappa shape index (κ3) is 4.36. The lowest BCUT2D eigenvalue weighted by Crippen LogP contribution is -2.17. The van der Waals surface area contributed by atoms with Crippen molar-refractivity contribution in [2.24, 2.45) is 0 Å². The van der Waals surface area contributed by atoms with Gasteiger partial charge in [-0.25, -0.2) is 4.98 Å². The number of anilines is 1. The van der Waals surface area contributed by atoms with E-state index >= 15 is 0 Å². The van der Waals surface area contributed by atoms with E-state index < -0.39 is 0 Å². The van der Waals surface area contributed by atoms with Gasteiger partial charge in [0.2, 0.25) is 5.95 Å². The molecule has 98 valence electrons. The van der Waals surface area contributed by atoms with Gasteiger partial charge >= 0.3 is 0 Å². The highest BCUT2D eigenvalue weighted by molar-refractivity contribution is 5.29. The second kappa shape index (κ2) is 7.29. The first-order valence-corrected chi connectivity index (χ1v) is 6.05. The largest absolute Gasteiger partial charge is 0.383 e. The summed E-state index contributed by atoms with van der Waals surface area (Å²) in [5, 5.41) is 3.26. The quantitative estimate of drug-likeness (QED) is 0.706. The summed E-state index contributed by atoms with van der Waals surface area (Å²) in [7, 11) is 1.69. The Hall–Kier alpha value is -1.07. The van der Waals surface area contributed by atoms with Crippen LogP contribution in [0.25, 0.3) is 0 Å². The van der Waals surface area contributed by atoms with E-state index in [1.165, 1.54) is 0 Å². The fraction of sp³-hybridized carbons (Fsp3) is 0.750. The molecule has 1 unspecified atom stereocenters. The Bertz CT molecular complexity index is 326. The van der Waals surface area contributed by atoms with Crippen molar-refractivity contribution in [3.05, 3.63) is 11.9 Å². The summed E-state index contributed by atoms with van der Waals surface area (Å²) in [6, 6.07) is 0.279. The standard InChI is InChI=1S/C12H23N3O2/c1-5-17-9-11(3)15-8-10(2)14-12(15)13-6-7-16-4/h8,11H,5-7,9H2,1-4H3,(H,13,14). The zero-order valence-corrected chi connectivity index (χ0v) is 11.2. The van der Waals surface area contributed by atoms with Crippen LogP contribution in [-0.2, 0) is 9.47 Å². The molecular weight excluding hydrogens is 218 g/mol. The Balaban J connectivity index is 2.62. The third-order valence-corrected chi connectivity index (χ3v) is 2.48. The number of nitrogens with one attached hydrogen (secondary N) is 1. The predicted octanol–water partition coefficient (Wildman–Crippen LogP) is 1.85. The van der Waals surface area contributed by atoms with Gasteiger partial charge in [-0.2, -0.15) is 0 Å². The molecular formula is C12H23N3O2. The van der Waals surface area contributed by atoms with E-state index in [4.69, 9.17) is 9.47 Å². The number of rotatable bonds is 8. The number of methoxy groups -OCH3 is 1. The van der Waals surface area contributed by atoms with Gasteiger partial charge in [0, 0.05) is 26.5 Å². The van der Waals surface area contributed by atoms with Gasteiger partial charge in [0.25, 0.3) is 0 Å². The van der Waals surface area contributed by atoms with Crippen molar-refractivity contribution in [2.45, 2.75) is 26.8 Å². The molecule has 0 aliphatic carbocycles. The first-order valence-electron chi connectivity index (χ1n) is 6.05. The fourth-order valence-electron chi connectivity index (χ4n) is 1.62. The van der Waals surface area contributed by atoms with Gasteiger partial charge in [0.05, 0.1) is 24.9 Å². The summed E-state index contributed by atoms with van der Waals surface area (Å²) < 4.78 is 12.6. The molecule has 1 rings (SSSR count). The van der Waals surface area contributed by atoms with Crippen molar-refractivity contribution in [1.82, 2.24) is 9.55 Å². The molecule has 0 saturated heterocycles. The normalized spacial score (nSPS) is 12.7. The van der Waals surface area contributed by atoms with Crippen molar-refractivity contribution in [3.8, 4) is 0 Å². The minimum atomic E-state index is 0.279. The van der Waals surface area contributed by atoms with Gasteiger partial charge in [-0.3, -0.25) is 0 Å². The summed E-state index contributed by atoms with van der Waals surface area (Å²) in [5.74, 6) is 0.881. The molecule has 17 heavy (non-hydrogen) atoms. The summed E-state index contributed by atoms with van der Waals surface area (Å²) in [5.41, 5.74) is 1.01. The summed E-state index contributed by atoms with van der Waals surface area (Å²) in [4.78, 5) is 4.45. The molecule has 1 aromatic rings. The van der Waals surface area contributed by atoms with Crippen LogP contribution in [0.15, 0.2) is 6.20 Å². The molecule has 0 bridgehead atoms. The van der Waals surface area contributed by atoms with Crippen molar-refractivity contribution in [1.29, 1.82) is 0 Å². The molecule has 0 amide bonds. The minimum absolute atomic E-state index is 0.279. The van der Waals surface area contributed by atoms with E-state index in [-0.39, 0.29) is 6.04 Å². The minimum Gasteiger partial charge on any atom is -0.383 e. The zero-order valence-electron chi connectivity index (χ0n) is 11.2. The monoisotopic (exact) mass is 241 g/mol. The highest BCUT2D eigenvalue weighted by Crippen LogP contribution is 2.16. The number of hydrogen-bond acceptors (Lipinski definition) is 4. The lowest BCUT2D eigenvalue weighted by molar-refractivity contribution is 0.119. The van der Waals surface area contributed by atoms with Gasteiger partial charge in [0.1, 0.15) is 0 Å². The van der Waals surface area contributed by atoms with Gasteiger partial charge in [0.15, 0.2) is 0 Å². The summed E-state index contributed by atoms with van der Waals surface area (Å²) >= 11 is 0. The average molecular weight is 241 g/mol. The van der Waals surface area contributed by atoms with Gasteiger partial charge in [-0.05, 0) is 20.8 Å². The first-order chi connectivity index (χ1) is 8.19. The van der Waals surface area contributed by atoms with Gasteiger partial charge in [-0.15, -0.1) is 0 Å². The number of nitrogens with zero attached hydrogens (tertiary/aromatic N) is 2. The van der Waals surface area contributed by atoms with E-state index in [0.29, 0.717) is 13.2 Å². The zero-order chi connectivity index (χ0) is 12.7. The third-order valence-electron chi connectivity index (χ3n) is 2.48. The maximum absolute atomic E-state index is 5.44. The number of aromatic nitrogens is 2. The molecule has 0 aliphatic rings. The van der Waals surface area contributed by atoms with Crippen molar-refractivity contribution >= 4 is 5.95 Å². The lowest BCUT2D eigenvalue weighted by Gasteiger charge is -2.16. The SMILES string of the molecule is CCOCC(C)n1cc(C)nc1NCCOC. The molecule has 1 heterocycles. The van der Waals surface area contributed by atoms with Crippen LogP contribution in [0.3, 0.4) is 0 Å². The average Bonchev–Trinajstić information content (AvgIpc) is 2.68. The lowest BCUT2D eigenvalue weighted by atomic mass is 10.3. The van der Waals surface area contributed by atoms with E-state index in [9.17, 15) is 0 Å². The molecule has 5 heteroatoms. The Labute approximate surface area is 103 Å². The molecule has 0 radical (unpaired) electrons. The van der Waals surface area contributed by atoms with E-state index in [1.54, 1.807) is 7.11 Å². The molecule has 1 N–H and O–H groups in total. The molecule has 1 aromatic heterocycles. The first kappa shape index (κ1) is 14.0. The second-order valence-corrected chi connectivity index (χ2v) is 4.04. The molecule has 0 aliphatic heterocycles. The summed E-state index contributed by atoms with van der Waals surface area (Å²) in [6.45, 7) is 8.99. The summed E-state index contributed by atoms with van der Waals surface area (Å²) in [6.07, 6.45) is 2.04. The van der Waals surface area contributed by atoms with Crippen LogP contribution >= 0.6 is 0 Å². The highest BCUT2D eigenvalue weighted by Gasteiger charge is 2.11. The van der Waals surface area contributed by atoms with Gasteiger partial charge in [-0.1, -0.05) is 0 Å². The van der Waals surface area contributed by atoms with Crippen LogP contribution in [0.2, 0.25) is 0 Å². The van der Waals surface area contributed by atoms with Crippen LogP contribution in [0.1, 0.15) is 25.6 Å². The highest BCUT2D eigenvalue weighted by atomic mass is 16.5. The maximum atomic E-state index is 5.44. The number of ether oxygens (including phenoxy) is 2. The van der Waals surface area contributed by atoms with Gasteiger partial charge < -0.3 is 19.4 Å². The number of hydrogen-bond donors (Lipinski definition) is 1. The fourth-order valence-corrected chi connectivity index (χ4v) is 1.62. The Morgan fingerprint density at radius 2 is 2.29 bits per heavy atom. The van der Waals surface area contributed by atoms with Crippen molar-refractivity contribution in [2.75, 3.05) is 38.8 Å².